The summed E-state index contributed by atoms with van der Waals surface area (Å²) >= 11 is 0. The highest BCUT2D eigenvalue weighted by atomic mass is 16.2. The SMILES string of the molecule is Cc1ccc(C)c(N(C)C(=O)C2CC(N)C2)c1. The number of carbonyl (C=O) groups excluding carboxylic acids is 1. The van der Waals surface area contributed by atoms with Crippen LogP contribution in [0.15, 0.2) is 18.2 Å². The summed E-state index contributed by atoms with van der Waals surface area (Å²) in [4.78, 5) is 14.0. The maximum absolute atomic E-state index is 12.2. The molecule has 17 heavy (non-hydrogen) atoms. The third-order valence-corrected chi connectivity index (χ3v) is 3.58. The molecule has 0 aliphatic heterocycles. The second-order valence-corrected chi connectivity index (χ2v) is 5.12. The summed E-state index contributed by atoms with van der Waals surface area (Å²) < 4.78 is 0. The van der Waals surface area contributed by atoms with E-state index in [1.165, 1.54) is 5.56 Å². The lowest BCUT2D eigenvalue weighted by molar-refractivity contribution is -0.124. The van der Waals surface area contributed by atoms with Crippen LogP contribution in [0.4, 0.5) is 5.69 Å². The van der Waals surface area contributed by atoms with Gasteiger partial charge in [-0.1, -0.05) is 12.1 Å². The molecule has 1 fully saturated rings. The summed E-state index contributed by atoms with van der Waals surface area (Å²) in [5.41, 5.74) is 9.05. The molecule has 0 spiro atoms. The van der Waals surface area contributed by atoms with Crippen LogP contribution in [-0.2, 0) is 4.79 Å². The Morgan fingerprint density at radius 1 is 1.35 bits per heavy atom. The number of nitrogens with two attached hydrogens (primary N) is 1. The van der Waals surface area contributed by atoms with E-state index in [9.17, 15) is 4.79 Å². The zero-order valence-corrected chi connectivity index (χ0v) is 10.7. The first-order chi connectivity index (χ1) is 7.99. The van der Waals surface area contributed by atoms with Crippen molar-refractivity contribution in [2.45, 2.75) is 32.7 Å². The van der Waals surface area contributed by atoms with E-state index in [-0.39, 0.29) is 17.9 Å². The van der Waals surface area contributed by atoms with Gasteiger partial charge in [-0.05, 0) is 43.9 Å². The maximum atomic E-state index is 12.2. The first-order valence-electron chi connectivity index (χ1n) is 6.09. The van der Waals surface area contributed by atoms with Gasteiger partial charge in [0.2, 0.25) is 5.91 Å². The number of hydrogen-bond acceptors (Lipinski definition) is 2. The van der Waals surface area contributed by atoms with Gasteiger partial charge in [0.25, 0.3) is 0 Å². The molecule has 1 aliphatic rings. The molecule has 2 rings (SSSR count). The third kappa shape index (κ3) is 2.34. The van der Waals surface area contributed by atoms with E-state index in [2.05, 4.69) is 18.2 Å². The van der Waals surface area contributed by atoms with Crippen molar-refractivity contribution in [2.75, 3.05) is 11.9 Å². The van der Waals surface area contributed by atoms with Gasteiger partial charge in [0.05, 0.1) is 0 Å². The molecule has 1 aliphatic carbocycles. The number of anilines is 1. The Hall–Kier alpha value is -1.35. The second-order valence-electron chi connectivity index (χ2n) is 5.12. The summed E-state index contributed by atoms with van der Waals surface area (Å²) in [5, 5.41) is 0. The molecule has 3 nitrogen and oxygen atoms in total. The van der Waals surface area contributed by atoms with Crippen LogP contribution in [0, 0.1) is 19.8 Å². The molecular formula is C14H20N2O. The predicted octanol–water partition coefficient (Wildman–Crippen LogP) is 2.00. The van der Waals surface area contributed by atoms with Crippen molar-refractivity contribution in [3.05, 3.63) is 29.3 Å². The third-order valence-electron chi connectivity index (χ3n) is 3.58. The molecule has 0 radical (unpaired) electrons. The number of benzene rings is 1. The Morgan fingerprint density at radius 3 is 2.59 bits per heavy atom. The normalized spacial score (nSPS) is 23.1. The summed E-state index contributed by atoms with van der Waals surface area (Å²) in [6.45, 7) is 4.07. The molecule has 2 N–H and O–H groups in total. The Labute approximate surface area is 103 Å². The quantitative estimate of drug-likeness (QED) is 0.847. The van der Waals surface area contributed by atoms with Gasteiger partial charge in [0.1, 0.15) is 0 Å². The van der Waals surface area contributed by atoms with Gasteiger partial charge in [0.15, 0.2) is 0 Å². The van der Waals surface area contributed by atoms with Crippen molar-refractivity contribution in [1.82, 2.24) is 0 Å². The maximum Gasteiger partial charge on any atom is 0.229 e. The monoisotopic (exact) mass is 232 g/mol. The lowest BCUT2D eigenvalue weighted by Crippen LogP contribution is -2.45. The Morgan fingerprint density at radius 2 is 2.00 bits per heavy atom. The first kappa shape index (κ1) is 12.1. The molecule has 1 amide bonds. The number of amides is 1. The van der Waals surface area contributed by atoms with E-state index in [0.29, 0.717) is 0 Å². The summed E-state index contributed by atoms with van der Waals surface area (Å²) in [5.74, 6) is 0.315. The number of rotatable bonds is 2. The molecule has 0 unspecified atom stereocenters. The highest BCUT2D eigenvalue weighted by Gasteiger charge is 2.34. The smallest absolute Gasteiger partial charge is 0.229 e. The molecule has 0 saturated heterocycles. The lowest BCUT2D eigenvalue weighted by Gasteiger charge is -2.34. The predicted molar refractivity (Wildman–Crippen MR) is 70.0 cm³/mol. The van der Waals surface area contributed by atoms with E-state index in [0.717, 1.165) is 24.1 Å². The fraction of sp³-hybridized carbons (Fsp3) is 0.500. The van der Waals surface area contributed by atoms with Crippen LogP contribution in [0.1, 0.15) is 24.0 Å². The number of aryl methyl sites for hydroxylation is 2. The molecule has 3 heteroatoms. The molecule has 1 aromatic rings. The van der Waals surface area contributed by atoms with Gasteiger partial charge in [-0.2, -0.15) is 0 Å². The Bertz CT molecular complexity index is 436. The van der Waals surface area contributed by atoms with E-state index >= 15 is 0 Å². The summed E-state index contributed by atoms with van der Waals surface area (Å²) in [7, 11) is 1.86. The van der Waals surface area contributed by atoms with Crippen LogP contribution in [0.3, 0.4) is 0 Å². The summed E-state index contributed by atoms with van der Waals surface area (Å²) in [6, 6.07) is 6.40. The zero-order valence-electron chi connectivity index (χ0n) is 10.7. The van der Waals surface area contributed by atoms with E-state index in [1.54, 1.807) is 4.90 Å². The van der Waals surface area contributed by atoms with Crippen molar-refractivity contribution < 1.29 is 4.79 Å². The largest absolute Gasteiger partial charge is 0.328 e. The van der Waals surface area contributed by atoms with Gasteiger partial charge < -0.3 is 10.6 Å². The Balaban J connectivity index is 2.16. The van der Waals surface area contributed by atoms with Crippen LogP contribution in [0.2, 0.25) is 0 Å². The van der Waals surface area contributed by atoms with Gasteiger partial charge in [-0.15, -0.1) is 0 Å². The van der Waals surface area contributed by atoms with Gasteiger partial charge in [-0.3, -0.25) is 4.79 Å². The standard InChI is InChI=1S/C14H20N2O/c1-9-4-5-10(2)13(6-9)16(3)14(17)11-7-12(15)8-11/h4-6,11-12H,7-8,15H2,1-3H3. The first-order valence-corrected chi connectivity index (χ1v) is 6.09. The number of nitrogens with zero attached hydrogens (tertiary/aromatic N) is 1. The topological polar surface area (TPSA) is 46.3 Å². The van der Waals surface area contributed by atoms with Crippen molar-refractivity contribution in [1.29, 1.82) is 0 Å². The number of hydrogen-bond donors (Lipinski definition) is 1. The lowest BCUT2D eigenvalue weighted by atomic mass is 9.80. The molecular weight excluding hydrogens is 212 g/mol. The van der Waals surface area contributed by atoms with Crippen molar-refractivity contribution >= 4 is 11.6 Å². The molecule has 0 aromatic heterocycles. The van der Waals surface area contributed by atoms with Gasteiger partial charge in [-0.25, -0.2) is 0 Å². The van der Waals surface area contributed by atoms with Crippen LogP contribution in [-0.4, -0.2) is 19.0 Å². The Kier molecular flexibility index (Phi) is 3.20. The number of carbonyl (C=O) groups is 1. The van der Waals surface area contributed by atoms with E-state index in [1.807, 2.05) is 20.9 Å². The van der Waals surface area contributed by atoms with Crippen LogP contribution >= 0.6 is 0 Å². The van der Waals surface area contributed by atoms with E-state index < -0.39 is 0 Å². The van der Waals surface area contributed by atoms with E-state index in [4.69, 9.17) is 5.73 Å². The van der Waals surface area contributed by atoms with Crippen molar-refractivity contribution in [3.8, 4) is 0 Å². The highest BCUT2D eigenvalue weighted by Crippen LogP contribution is 2.30. The average molecular weight is 232 g/mol. The molecule has 0 bridgehead atoms. The molecule has 1 saturated carbocycles. The molecule has 1 aromatic carbocycles. The van der Waals surface area contributed by atoms with Gasteiger partial charge in [0, 0.05) is 24.7 Å². The minimum atomic E-state index is 0.120. The minimum absolute atomic E-state index is 0.120. The average Bonchev–Trinajstić information content (AvgIpc) is 2.26. The summed E-state index contributed by atoms with van der Waals surface area (Å²) in [6.07, 6.45) is 1.65. The van der Waals surface area contributed by atoms with Crippen LogP contribution in [0.25, 0.3) is 0 Å². The fourth-order valence-corrected chi connectivity index (χ4v) is 2.34. The van der Waals surface area contributed by atoms with Gasteiger partial charge >= 0.3 is 0 Å². The second kappa shape index (κ2) is 4.49. The van der Waals surface area contributed by atoms with Crippen LogP contribution < -0.4 is 10.6 Å². The molecule has 0 heterocycles. The highest BCUT2D eigenvalue weighted by molar-refractivity contribution is 5.95. The van der Waals surface area contributed by atoms with Crippen LogP contribution in [0.5, 0.6) is 0 Å². The van der Waals surface area contributed by atoms with Crippen molar-refractivity contribution in [2.24, 2.45) is 11.7 Å². The fourth-order valence-electron chi connectivity index (χ4n) is 2.34. The molecule has 0 atom stereocenters. The minimum Gasteiger partial charge on any atom is -0.328 e. The zero-order chi connectivity index (χ0) is 12.6. The molecule has 92 valence electrons. The van der Waals surface area contributed by atoms with Crippen molar-refractivity contribution in [3.63, 3.8) is 0 Å².